The van der Waals surface area contributed by atoms with Crippen molar-refractivity contribution >= 4 is 27.3 Å². The smallest absolute Gasteiger partial charge is 0.299 e. The summed E-state index contributed by atoms with van der Waals surface area (Å²) in [5, 5.41) is 12.4. The third-order valence-electron chi connectivity index (χ3n) is 1.78. The summed E-state index contributed by atoms with van der Waals surface area (Å²) < 4.78 is 6.55. The fraction of sp³-hybridized carbons (Fsp3) is 0.200. The minimum atomic E-state index is 0.559. The quantitative estimate of drug-likeness (QED) is 0.943. The fourth-order valence-electron chi connectivity index (χ4n) is 1.13. The molecule has 16 heavy (non-hydrogen) atoms. The van der Waals surface area contributed by atoms with Gasteiger partial charge >= 0.3 is 0 Å². The summed E-state index contributed by atoms with van der Waals surface area (Å²) in [6.45, 7) is 0.708. The van der Waals surface area contributed by atoms with Gasteiger partial charge in [0.2, 0.25) is 0 Å². The second-order valence-electron chi connectivity index (χ2n) is 3.05. The van der Waals surface area contributed by atoms with Crippen LogP contribution in [0.25, 0.3) is 0 Å². The Labute approximate surface area is 106 Å². The second-order valence-corrected chi connectivity index (χ2v) is 4.99. The van der Waals surface area contributed by atoms with E-state index in [4.69, 9.17) is 4.74 Å². The molecule has 84 valence electrons. The number of rotatable bonds is 4. The average molecular weight is 300 g/mol. The summed E-state index contributed by atoms with van der Waals surface area (Å²) in [6.07, 6.45) is 0. The van der Waals surface area contributed by atoms with Gasteiger partial charge in [0.1, 0.15) is 10.8 Å². The van der Waals surface area contributed by atoms with Crippen LogP contribution in [0.4, 0.5) is 0 Å². The van der Waals surface area contributed by atoms with Gasteiger partial charge in [0, 0.05) is 11.0 Å². The van der Waals surface area contributed by atoms with Gasteiger partial charge in [-0.25, -0.2) is 0 Å². The molecule has 0 atom stereocenters. The number of halogens is 1. The van der Waals surface area contributed by atoms with Crippen LogP contribution in [0.5, 0.6) is 10.9 Å². The molecule has 0 saturated carbocycles. The van der Waals surface area contributed by atoms with E-state index in [1.807, 2.05) is 31.3 Å². The molecule has 0 radical (unpaired) electrons. The van der Waals surface area contributed by atoms with Gasteiger partial charge in [0.25, 0.3) is 5.19 Å². The lowest BCUT2D eigenvalue weighted by Crippen LogP contribution is -2.04. The molecule has 1 aromatic heterocycles. The third-order valence-corrected chi connectivity index (χ3v) is 3.07. The Morgan fingerprint density at radius 1 is 1.44 bits per heavy atom. The van der Waals surface area contributed by atoms with E-state index in [0.29, 0.717) is 11.7 Å². The monoisotopic (exact) mass is 299 g/mol. The summed E-state index contributed by atoms with van der Waals surface area (Å²) in [6, 6.07) is 7.62. The van der Waals surface area contributed by atoms with Crippen LogP contribution >= 0.6 is 27.3 Å². The molecule has 0 unspecified atom stereocenters. The van der Waals surface area contributed by atoms with Crippen LogP contribution in [0, 0.1) is 0 Å². The van der Waals surface area contributed by atoms with Crippen molar-refractivity contribution < 1.29 is 4.74 Å². The summed E-state index contributed by atoms with van der Waals surface area (Å²) in [7, 11) is 1.87. The van der Waals surface area contributed by atoms with Gasteiger partial charge in [-0.1, -0.05) is 38.4 Å². The van der Waals surface area contributed by atoms with Crippen molar-refractivity contribution in [1.29, 1.82) is 0 Å². The Bertz CT molecular complexity index is 475. The van der Waals surface area contributed by atoms with Crippen LogP contribution in [0.15, 0.2) is 28.7 Å². The van der Waals surface area contributed by atoms with Crippen LogP contribution < -0.4 is 10.1 Å². The maximum absolute atomic E-state index is 5.57. The highest BCUT2D eigenvalue weighted by Gasteiger charge is 2.05. The first-order valence-corrected chi connectivity index (χ1v) is 6.29. The van der Waals surface area contributed by atoms with E-state index < -0.39 is 0 Å². The van der Waals surface area contributed by atoms with E-state index in [9.17, 15) is 0 Å². The van der Waals surface area contributed by atoms with E-state index >= 15 is 0 Å². The second kappa shape index (κ2) is 5.38. The summed E-state index contributed by atoms with van der Waals surface area (Å²) in [5.74, 6) is 0.751. The topological polar surface area (TPSA) is 47.0 Å². The molecule has 0 aliphatic heterocycles. The average Bonchev–Trinajstić information content (AvgIpc) is 2.66. The Hall–Kier alpha value is -0.980. The molecule has 0 aliphatic rings. The number of hydrogen-bond acceptors (Lipinski definition) is 5. The molecule has 0 aliphatic carbocycles. The highest BCUT2D eigenvalue weighted by molar-refractivity contribution is 9.10. The van der Waals surface area contributed by atoms with Gasteiger partial charge < -0.3 is 10.1 Å². The molecule has 0 saturated heterocycles. The fourth-order valence-corrected chi connectivity index (χ4v) is 2.23. The van der Waals surface area contributed by atoms with E-state index in [2.05, 4.69) is 31.4 Å². The lowest BCUT2D eigenvalue weighted by molar-refractivity contribution is 0.472. The number of ether oxygens (including phenoxy) is 1. The summed E-state index contributed by atoms with van der Waals surface area (Å²) in [5.41, 5.74) is 0. The molecule has 6 heteroatoms. The summed E-state index contributed by atoms with van der Waals surface area (Å²) >= 11 is 4.82. The van der Waals surface area contributed by atoms with Crippen molar-refractivity contribution in [2.45, 2.75) is 6.54 Å². The predicted octanol–water partition coefficient (Wildman–Crippen LogP) is 2.81. The van der Waals surface area contributed by atoms with Crippen molar-refractivity contribution in [1.82, 2.24) is 15.5 Å². The normalized spacial score (nSPS) is 10.4. The van der Waals surface area contributed by atoms with Gasteiger partial charge in [-0.3, -0.25) is 0 Å². The first kappa shape index (κ1) is 11.5. The molecular formula is C10H10BrN3OS. The molecule has 0 bridgehead atoms. The Morgan fingerprint density at radius 2 is 2.31 bits per heavy atom. The molecule has 0 amide bonds. The van der Waals surface area contributed by atoms with Crippen molar-refractivity contribution in [3.63, 3.8) is 0 Å². The molecule has 1 N–H and O–H groups in total. The maximum atomic E-state index is 5.57. The maximum Gasteiger partial charge on any atom is 0.299 e. The van der Waals surface area contributed by atoms with E-state index in [0.717, 1.165) is 15.2 Å². The number of aromatic nitrogens is 2. The van der Waals surface area contributed by atoms with Crippen LogP contribution in [-0.2, 0) is 6.54 Å². The molecule has 4 nitrogen and oxygen atoms in total. The lowest BCUT2D eigenvalue weighted by atomic mass is 10.3. The number of benzene rings is 1. The van der Waals surface area contributed by atoms with Gasteiger partial charge in [-0.05, 0) is 25.2 Å². The van der Waals surface area contributed by atoms with Crippen LogP contribution in [0.2, 0.25) is 0 Å². The van der Waals surface area contributed by atoms with Gasteiger partial charge in [0.15, 0.2) is 0 Å². The van der Waals surface area contributed by atoms with Crippen molar-refractivity contribution in [3.05, 3.63) is 33.7 Å². The third kappa shape index (κ3) is 3.01. The first-order valence-electron chi connectivity index (χ1n) is 4.68. The first-order chi connectivity index (χ1) is 7.78. The Balaban J connectivity index is 2.08. The van der Waals surface area contributed by atoms with Gasteiger partial charge in [0.05, 0.1) is 0 Å². The summed E-state index contributed by atoms with van der Waals surface area (Å²) in [4.78, 5) is 0. The van der Waals surface area contributed by atoms with Crippen molar-refractivity contribution in [2.75, 3.05) is 7.05 Å². The molecule has 0 spiro atoms. The minimum absolute atomic E-state index is 0.559. The zero-order valence-electron chi connectivity index (χ0n) is 8.61. The lowest BCUT2D eigenvalue weighted by Gasteiger charge is -2.00. The molecule has 0 fully saturated rings. The molecule has 2 aromatic rings. The zero-order chi connectivity index (χ0) is 11.4. The SMILES string of the molecule is CNCc1nnc(Oc2cccc(Br)c2)s1. The number of nitrogens with zero attached hydrogens (tertiary/aromatic N) is 2. The molecule has 1 aromatic carbocycles. The Kier molecular flexibility index (Phi) is 3.87. The molecule has 1 heterocycles. The van der Waals surface area contributed by atoms with Gasteiger partial charge in [-0.15, -0.1) is 5.10 Å². The molecular weight excluding hydrogens is 290 g/mol. The largest absolute Gasteiger partial charge is 0.430 e. The molecule has 2 rings (SSSR count). The van der Waals surface area contributed by atoms with Crippen molar-refractivity contribution in [2.24, 2.45) is 0 Å². The number of hydrogen-bond donors (Lipinski definition) is 1. The highest BCUT2D eigenvalue weighted by Crippen LogP contribution is 2.26. The van der Waals surface area contributed by atoms with Gasteiger partial charge in [-0.2, -0.15) is 0 Å². The van der Waals surface area contributed by atoms with Crippen molar-refractivity contribution in [3.8, 4) is 10.9 Å². The van der Waals surface area contributed by atoms with E-state index in [1.165, 1.54) is 11.3 Å². The highest BCUT2D eigenvalue weighted by atomic mass is 79.9. The van der Waals surface area contributed by atoms with Crippen LogP contribution in [0.1, 0.15) is 5.01 Å². The van der Waals surface area contributed by atoms with Crippen LogP contribution in [-0.4, -0.2) is 17.2 Å². The van der Waals surface area contributed by atoms with E-state index in [-0.39, 0.29) is 0 Å². The predicted molar refractivity (Wildman–Crippen MR) is 66.9 cm³/mol. The van der Waals surface area contributed by atoms with E-state index in [1.54, 1.807) is 0 Å². The standard InChI is InChI=1S/C10H10BrN3OS/c1-12-6-9-13-14-10(16-9)15-8-4-2-3-7(11)5-8/h2-5,12H,6H2,1H3. The minimum Gasteiger partial charge on any atom is -0.430 e. The Morgan fingerprint density at radius 3 is 3.06 bits per heavy atom. The number of nitrogens with one attached hydrogen (secondary N) is 1. The zero-order valence-corrected chi connectivity index (χ0v) is 11.0. The van der Waals surface area contributed by atoms with Crippen LogP contribution in [0.3, 0.4) is 0 Å².